The minimum Gasteiger partial charge on any atom is -0.507 e. The number of morpholine rings is 1. The van der Waals surface area contributed by atoms with Gasteiger partial charge in [-0.2, -0.15) is 0 Å². The lowest BCUT2D eigenvalue weighted by Crippen LogP contribution is -2.39. The number of nitrogens with one attached hydrogen (secondary N) is 1. The van der Waals surface area contributed by atoms with Gasteiger partial charge in [0.15, 0.2) is 11.5 Å². The Kier molecular flexibility index (Phi) is 6.03. The molecule has 0 aliphatic carbocycles. The molecule has 3 aromatic rings. The van der Waals surface area contributed by atoms with Crippen LogP contribution in [0.3, 0.4) is 0 Å². The minimum atomic E-state index is 0.129. The van der Waals surface area contributed by atoms with Gasteiger partial charge in [0.1, 0.15) is 11.6 Å². The Balaban J connectivity index is 1.46. The highest BCUT2D eigenvalue weighted by molar-refractivity contribution is 6.31. The summed E-state index contributed by atoms with van der Waals surface area (Å²) in [7, 11) is 0. The molecule has 0 spiro atoms. The third-order valence-electron chi connectivity index (χ3n) is 5.60. The third-order valence-corrected chi connectivity index (χ3v) is 5.84. The average Bonchev–Trinajstić information content (AvgIpc) is 3.29. The molecule has 32 heavy (non-hydrogen) atoms. The molecule has 1 saturated heterocycles. The SMILES string of the molecule is Oc1ccc(Cl)cc1-c1cc(-c2ccc3c(c2)OCO3)cc(NCCN2CCOCC2)n1. The first-order valence-electron chi connectivity index (χ1n) is 10.6. The summed E-state index contributed by atoms with van der Waals surface area (Å²) < 4.78 is 16.4. The highest BCUT2D eigenvalue weighted by Gasteiger charge is 2.16. The number of fused-ring (bicyclic) bond motifs is 1. The van der Waals surface area contributed by atoms with Gasteiger partial charge in [-0.05, 0) is 53.6 Å². The molecule has 7 nitrogen and oxygen atoms in total. The van der Waals surface area contributed by atoms with E-state index in [1.165, 1.54) is 0 Å². The smallest absolute Gasteiger partial charge is 0.231 e. The standard InChI is InChI=1S/C24H24ClN3O4/c25-18-2-3-21(29)19(14-18)20-11-17(16-1-4-22-23(12-16)32-15-31-22)13-24(27-20)26-5-6-28-7-9-30-10-8-28/h1-4,11-14,29H,5-10,15H2,(H,26,27). The lowest BCUT2D eigenvalue weighted by Gasteiger charge is -2.26. The molecule has 2 aromatic carbocycles. The van der Waals surface area contributed by atoms with Crippen molar-refractivity contribution in [2.75, 3.05) is 51.5 Å². The number of aromatic hydroxyl groups is 1. The van der Waals surface area contributed by atoms with E-state index in [0.29, 0.717) is 22.0 Å². The molecule has 0 bridgehead atoms. The van der Waals surface area contributed by atoms with Gasteiger partial charge in [-0.3, -0.25) is 4.90 Å². The molecule has 2 aliphatic heterocycles. The fraction of sp³-hybridized carbons (Fsp3) is 0.292. The number of nitrogens with zero attached hydrogens (tertiary/aromatic N) is 2. The predicted octanol–water partition coefficient (Wildman–Crippen LogP) is 4.25. The van der Waals surface area contributed by atoms with Crippen LogP contribution < -0.4 is 14.8 Å². The normalized spacial score (nSPS) is 15.7. The van der Waals surface area contributed by atoms with E-state index in [2.05, 4.69) is 10.2 Å². The Morgan fingerprint density at radius 2 is 1.81 bits per heavy atom. The molecule has 0 atom stereocenters. The number of ether oxygens (including phenoxy) is 3. The number of pyridine rings is 1. The summed E-state index contributed by atoms with van der Waals surface area (Å²) in [6.07, 6.45) is 0. The van der Waals surface area contributed by atoms with Crippen LogP contribution in [0.15, 0.2) is 48.5 Å². The molecule has 8 heteroatoms. The van der Waals surface area contributed by atoms with Crippen molar-refractivity contribution in [2.24, 2.45) is 0 Å². The number of phenols is 1. The van der Waals surface area contributed by atoms with Gasteiger partial charge in [0, 0.05) is 36.8 Å². The van der Waals surface area contributed by atoms with Gasteiger partial charge >= 0.3 is 0 Å². The highest BCUT2D eigenvalue weighted by Crippen LogP contribution is 2.38. The molecule has 0 amide bonds. The maximum absolute atomic E-state index is 10.4. The Labute approximate surface area is 191 Å². The lowest BCUT2D eigenvalue weighted by atomic mass is 10.0. The van der Waals surface area contributed by atoms with Crippen molar-refractivity contribution in [3.05, 3.63) is 53.6 Å². The topological polar surface area (TPSA) is 76.1 Å². The number of phenolic OH excluding ortho intramolecular Hbond substituents is 1. The van der Waals surface area contributed by atoms with Crippen molar-refractivity contribution in [3.63, 3.8) is 0 Å². The summed E-state index contributed by atoms with van der Waals surface area (Å²) >= 11 is 6.20. The number of hydrogen-bond acceptors (Lipinski definition) is 7. The van der Waals surface area contributed by atoms with E-state index in [4.69, 9.17) is 30.8 Å². The van der Waals surface area contributed by atoms with Crippen LogP contribution in [0.2, 0.25) is 5.02 Å². The second-order valence-electron chi connectivity index (χ2n) is 7.74. The summed E-state index contributed by atoms with van der Waals surface area (Å²) in [5, 5.41) is 14.4. The maximum Gasteiger partial charge on any atom is 0.231 e. The van der Waals surface area contributed by atoms with Crippen LogP contribution in [0.1, 0.15) is 0 Å². The molecule has 0 radical (unpaired) electrons. The number of benzene rings is 2. The van der Waals surface area contributed by atoms with Crippen LogP contribution in [0.5, 0.6) is 17.2 Å². The second-order valence-corrected chi connectivity index (χ2v) is 8.17. The first-order chi connectivity index (χ1) is 15.7. The molecular formula is C24H24ClN3O4. The zero-order valence-corrected chi connectivity index (χ0v) is 18.3. The summed E-state index contributed by atoms with van der Waals surface area (Å²) in [6.45, 7) is 5.30. The number of anilines is 1. The van der Waals surface area contributed by atoms with Crippen LogP contribution in [0.25, 0.3) is 22.4 Å². The van der Waals surface area contributed by atoms with E-state index in [1.54, 1.807) is 18.2 Å². The fourth-order valence-electron chi connectivity index (χ4n) is 3.88. The highest BCUT2D eigenvalue weighted by atomic mass is 35.5. The molecule has 0 saturated carbocycles. The minimum absolute atomic E-state index is 0.129. The van der Waals surface area contributed by atoms with E-state index in [1.807, 2.05) is 30.3 Å². The molecule has 2 aliphatic rings. The number of halogens is 1. The van der Waals surface area contributed by atoms with Gasteiger partial charge in [0.25, 0.3) is 0 Å². The molecule has 3 heterocycles. The van der Waals surface area contributed by atoms with Crippen LogP contribution in [-0.2, 0) is 4.74 Å². The largest absolute Gasteiger partial charge is 0.507 e. The van der Waals surface area contributed by atoms with Crippen molar-refractivity contribution in [1.82, 2.24) is 9.88 Å². The quantitative estimate of drug-likeness (QED) is 0.577. The molecular weight excluding hydrogens is 430 g/mol. The number of rotatable bonds is 6. The fourth-order valence-corrected chi connectivity index (χ4v) is 4.05. The van der Waals surface area contributed by atoms with Crippen molar-refractivity contribution >= 4 is 17.4 Å². The van der Waals surface area contributed by atoms with Gasteiger partial charge in [0.05, 0.1) is 18.9 Å². The van der Waals surface area contributed by atoms with Gasteiger partial charge < -0.3 is 24.6 Å². The number of aromatic nitrogens is 1. The van der Waals surface area contributed by atoms with Crippen LogP contribution in [0, 0.1) is 0 Å². The maximum atomic E-state index is 10.4. The van der Waals surface area contributed by atoms with Crippen LogP contribution >= 0.6 is 11.6 Å². The molecule has 2 N–H and O–H groups in total. The lowest BCUT2D eigenvalue weighted by molar-refractivity contribution is 0.0398. The molecule has 0 unspecified atom stereocenters. The molecule has 1 fully saturated rings. The zero-order valence-electron chi connectivity index (χ0n) is 17.5. The van der Waals surface area contributed by atoms with Crippen LogP contribution in [0.4, 0.5) is 5.82 Å². The third kappa shape index (κ3) is 4.60. The van der Waals surface area contributed by atoms with E-state index >= 15 is 0 Å². The van der Waals surface area contributed by atoms with E-state index in [9.17, 15) is 5.11 Å². The molecule has 5 rings (SSSR count). The first-order valence-corrected chi connectivity index (χ1v) is 11.0. The van der Waals surface area contributed by atoms with Crippen molar-refractivity contribution in [2.45, 2.75) is 0 Å². The zero-order chi connectivity index (χ0) is 21.9. The summed E-state index contributed by atoms with van der Waals surface area (Å²) in [5.74, 6) is 2.31. The second kappa shape index (κ2) is 9.24. The summed E-state index contributed by atoms with van der Waals surface area (Å²) in [5.41, 5.74) is 3.13. The summed E-state index contributed by atoms with van der Waals surface area (Å²) in [6, 6.07) is 14.7. The Morgan fingerprint density at radius 3 is 2.69 bits per heavy atom. The van der Waals surface area contributed by atoms with Crippen molar-refractivity contribution in [3.8, 4) is 39.6 Å². The molecule has 166 valence electrons. The van der Waals surface area contributed by atoms with E-state index < -0.39 is 0 Å². The van der Waals surface area contributed by atoms with Crippen molar-refractivity contribution in [1.29, 1.82) is 0 Å². The van der Waals surface area contributed by atoms with E-state index in [0.717, 1.165) is 62.1 Å². The van der Waals surface area contributed by atoms with Gasteiger partial charge in [-0.15, -0.1) is 0 Å². The predicted molar refractivity (Wildman–Crippen MR) is 124 cm³/mol. The van der Waals surface area contributed by atoms with Crippen molar-refractivity contribution < 1.29 is 19.3 Å². The first kappa shape index (κ1) is 20.9. The average molecular weight is 454 g/mol. The summed E-state index contributed by atoms with van der Waals surface area (Å²) in [4.78, 5) is 7.12. The number of hydrogen-bond donors (Lipinski definition) is 2. The van der Waals surface area contributed by atoms with Gasteiger partial charge in [0.2, 0.25) is 6.79 Å². The monoisotopic (exact) mass is 453 g/mol. The Morgan fingerprint density at radius 1 is 0.969 bits per heavy atom. The van der Waals surface area contributed by atoms with Gasteiger partial charge in [-0.25, -0.2) is 4.98 Å². The van der Waals surface area contributed by atoms with Gasteiger partial charge in [-0.1, -0.05) is 17.7 Å². The Bertz CT molecular complexity index is 1120. The molecule has 1 aromatic heterocycles. The van der Waals surface area contributed by atoms with Crippen LogP contribution in [-0.4, -0.2) is 61.2 Å². The van der Waals surface area contributed by atoms with E-state index in [-0.39, 0.29) is 12.5 Å². The Hall–Kier alpha value is -3.00.